The average molecular weight is 358 g/mol. The summed E-state index contributed by atoms with van der Waals surface area (Å²) in [7, 11) is 0. The number of Topliss-reactive ketones (excluding diaryl/α,β-unsaturated/α-hetero) is 1. The van der Waals surface area contributed by atoms with E-state index in [0.717, 1.165) is 25.1 Å². The Hall–Kier alpha value is -0.780. The van der Waals surface area contributed by atoms with Crippen LogP contribution in [-0.4, -0.2) is 42.5 Å². The Morgan fingerprint density at radius 3 is 2.67 bits per heavy atom. The molecule has 0 bridgehead atoms. The van der Waals surface area contributed by atoms with Gasteiger partial charge in [0.25, 0.3) is 0 Å². The summed E-state index contributed by atoms with van der Waals surface area (Å²) in [5.41, 5.74) is 0.340. The summed E-state index contributed by atoms with van der Waals surface area (Å²) in [6.45, 7) is 6.93. The second-order valence-corrected chi connectivity index (χ2v) is 6.42. The van der Waals surface area contributed by atoms with Gasteiger partial charge in [-0.3, -0.25) is 9.69 Å². The van der Waals surface area contributed by atoms with Crippen molar-refractivity contribution >= 4 is 21.7 Å². The minimum absolute atomic E-state index is 0.166. The zero-order chi connectivity index (χ0) is 15.5. The summed E-state index contributed by atoms with van der Waals surface area (Å²) in [5.74, 6) is -0.135. The predicted octanol–water partition coefficient (Wildman–Crippen LogP) is 3.20. The van der Waals surface area contributed by atoms with Gasteiger partial charge < -0.3 is 4.74 Å². The third-order valence-electron chi connectivity index (χ3n) is 4.36. The van der Waals surface area contributed by atoms with Crippen LogP contribution in [-0.2, 0) is 16.0 Å². The van der Waals surface area contributed by atoms with Gasteiger partial charge in [-0.05, 0) is 31.0 Å². The summed E-state index contributed by atoms with van der Waals surface area (Å²) in [4.78, 5) is 15.0. The van der Waals surface area contributed by atoms with Crippen LogP contribution in [0.3, 0.4) is 0 Å². The van der Waals surface area contributed by atoms with E-state index in [1.54, 1.807) is 6.07 Å². The van der Waals surface area contributed by atoms with Crippen LogP contribution in [0.2, 0.25) is 0 Å². The Morgan fingerprint density at radius 2 is 2.10 bits per heavy atom. The summed E-state index contributed by atoms with van der Waals surface area (Å²) in [6, 6.07) is 4.47. The van der Waals surface area contributed by atoms with Crippen molar-refractivity contribution in [2.45, 2.75) is 32.2 Å². The fourth-order valence-corrected chi connectivity index (χ4v) is 3.17. The van der Waals surface area contributed by atoms with Crippen LogP contribution in [0.15, 0.2) is 22.7 Å². The molecule has 3 nitrogen and oxygen atoms in total. The zero-order valence-electron chi connectivity index (χ0n) is 12.5. The van der Waals surface area contributed by atoms with Gasteiger partial charge in [-0.1, -0.05) is 28.9 Å². The molecule has 2 rings (SSSR count). The van der Waals surface area contributed by atoms with Crippen LogP contribution in [0, 0.1) is 5.82 Å². The van der Waals surface area contributed by atoms with Crippen molar-refractivity contribution in [1.29, 1.82) is 0 Å². The number of ether oxygens (including phenoxy) is 1. The molecule has 0 radical (unpaired) electrons. The summed E-state index contributed by atoms with van der Waals surface area (Å²) < 4.78 is 19.2. The number of nitrogens with zero attached hydrogens (tertiary/aromatic N) is 1. The maximum atomic E-state index is 13.1. The van der Waals surface area contributed by atoms with E-state index in [4.69, 9.17) is 4.74 Å². The molecule has 1 fully saturated rings. The van der Waals surface area contributed by atoms with Crippen LogP contribution in [0.25, 0.3) is 0 Å². The minimum atomic E-state index is -0.488. The first-order chi connectivity index (χ1) is 9.97. The molecule has 1 aliphatic heterocycles. The van der Waals surface area contributed by atoms with Crippen LogP contribution in [0.1, 0.15) is 25.8 Å². The fraction of sp³-hybridized carbons (Fsp3) is 0.562. The van der Waals surface area contributed by atoms with Crippen molar-refractivity contribution in [2.24, 2.45) is 0 Å². The van der Waals surface area contributed by atoms with E-state index in [-0.39, 0.29) is 11.6 Å². The van der Waals surface area contributed by atoms with Crippen molar-refractivity contribution in [3.05, 3.63) is 34.1 Å². The Bertz CT molecular complexity index is 517. The van der Waals surface area contributed by atoms with Crippen LogP contribution in [0.5, 0.6) is 0 Å². The summed E-state index contributed by atoms with van der Waals surface area (Å²) in [6.07, 6.45) is 1.06. The number of ketones is 1. The molecule has 1 atom stereocenters. The quantitative estimate of drug-likeness (QED) is 0.810. The topological polar surface area (TPSA) is 29.5 Å². The molecule has 1 aliphatic rings. The average Bonchev–Trinajstić information content (AvgIpc) is 2.50. The Kier molecular flexibility index (Phi) is 5.52. The first-order valence-corrected chi connectivity index (χ1v) is 8.06. The third-order valence-corrected chi connectivity index (χ3v) is 5.10. The molecule has 21 heavy (non-hydrogen) atoms. The fourth-order valence-electron chi connectivity index (χ4n) is 2.68. The van der Waals surface area contributed by atoms with Crippen LogP contribution in [0.4, 0.5) is 4.39 Å². The first-order valence-electron chi connectivity index (χ1n) is 7.27. The Labute approximate surface area is 133 Å². The molecule has 1 saturated heterocycles. The standard InChI is InChI=1S/C16H21BrFNO2/c1-3-16(2,19-6-8-21-9-7-19)15(20)10-12-4-5-13(18)11-14(12)17/h4-5,11H,3,6-10H2,1-2H3. The van der Waals surface area contributed by atoms with Crippen LogP contribution < -0.4 is 0 Å². The monoisotopic (exact) mass is 357 g/mol. The Morgan fingerprint density at radius 1 is 1.43 bits per heavy atom. The number of hydrogen-bond acceptors (Lipinski definition) is 3. The molecular weight excluding hydrogens is 337 g/mol. The van der Waals surface area contributed by atoms with E-state index in [2.05, 4.69) is 20.8 Å². The largest absolute Gasteiger partial charge is 0.379 e. The SMILES string of the molecule is CCC(C)(C(=O)Cc1ccc(F)cc1Br)N1CCOCC1. The molecule has 0 aromatic heterocycles. The van der Waals surface area contributed by atoms with Gasteiger partial charge in [0.2, 0.25) is 0 Å². The lowest BCUT2D eigenvalue weighted by atomic mass is 9.87. The normalized spacial score (nSPS) is 19.2. The Balaban J connectivity index is 2.15. The molecule has 0 aliphatic carbocycles. The molecule has 0 N–H and O–H groups in total. The molecule has 1 aromatic rings. The van der Waals surface area contributed by atoms with E-state index < -0.39 is 5.54 Å². The van der Waals surface area contributed by atoms with E-state index in [1.807, 2.05) is 13.8 Å². The van der Waals surface area contributed by atoms with Gasteiger partial charge in [0.15, 0.2) is 5.78 Å². The van der Waals surface area contributed by atoms with Gasteiger partial charge in [0.05, 0.1) is 18.8 Å². The van der Waals surface area contributed by atoms with Crippen molar-refractivity contribution in [2.75, 3.05) is 26.3 Å². The number of carbonyl (C=O) groups is 1. The van der Waals surface area contributed by atoms with E-state index in [0.29, 0.717) is 24.1 Å². The maximum Gasteiger partial charge on any atom is 0.157 e. The number of morpholine rings is 1. The van der Waals surface area contributed by atoms with Crippen molar-refractivity contribution in [3.63, 3.8) is 0 Å². The summed E-state index contributed by atoms with van der Waals surface area (Å²) >= 11 is 3.33. The lowest BCUT2D eigenvalue weighted by Crippen LogP contribution is -2.56. The summed E-state index contributed by atoms with van der Waals surface area (Å²) in [5, 5.41) is 0. The van der Waals surface area contributed by atoms with Crippen LogP contribution >= 0.6 is 15.9 Å². The predicted molar refractivity (Wildman–Crippen MR) is 83.9 cm³/mol. The lowest BCUT2D eigenvalue weighted by Gasteiger charge is -2.41. The second-order valence-electron chi connectivity index (χ2n) is 5.56. The highest BCUT2D eigenvalue weighted by molar-refractivity contribution is 9.10. The number of rotatable bonds is 5. The molecule has 116 valence electrons. The highest BCUT2D eigenvalue weighted by Gasteiger charge is 2.38. The van der Waals surface area contributed by atoms with Gasteiger partial charge in [-0.2, -0.15) is 0 Å². The van der Waals surface area contributed by atoms with E-state index in [1.165, 1.54) is 12.1 Å². The van der Waals surface area contributed by atoms with Crippen molar-refractivity contribution in [3.8, 4) is 0 Å². The molecule has 1 aromatic carbocycles. The third kappa shape index (κ3) is 3.71. The molecule has 5 heteroatoms. The highest BCUT2D eigenvalue weighted by Crippen LogP contribution is 2.26. The zero-order valence-corrected chi connectivity index (χ0v) is 14.1. The number of hydrogen-bond donors (Lipinski definition) is 0. The van der Waals surface area contributed by atoms with Gasteiger partial charge in [0.1, 0.15) is 5.82 Å². The molecule has 0 spiro atoms. The number of carbonyl (C=O) groups excluding carboxylic acids is 1. The molecule has 0 amide bonds. The molecule has 1 heterocycles. The second kappa shape index (κ2) is 6.99. The first kappa shape index (κ1) is 16.6. The minimum Gasteiger partial charge on any atom is -0.379 e. The molecule has 1 unspecified atom stereocenters. The molecule has 0 saturated carbocycles. The lowest BCUT2D eigenvalue weighted by molar-refractivity contribution is -0.133. The van der Waals surface area contributed by atoms with Gasteiger partial charge >= 0.3 is 0 Å². The van der Waals surface area contributed by atoms with E-state index in [9.17, 15) is 9.18 Å². The number of benzene rings is 1. The van der Waals surface area contributed by atoms with Gasteiger partial charge in [-0.15, -0.1) is 0 Å². The van der Waals surface area contributed by atoms with Gasteiger partial charge in [-0.25, -0.2) is 4.39 Å². The van der Waals surface area contributed by atoms with Crippen molar-refractivity contribution < 1.29 is 13.9 Å². The van der Waals surface area contributed by atoms with Crippen molar-refractivity contribution in [1.82, 2.24) is 4.90 Å². The highest BCUT2D eigenvalue weighted by atomic mass is 79.9. The molecular formula is C16H21BrFNO2. The number of halogens is 2. The van der Waals surface area contributed by atoms with E-state index >= 15 is 0 Å². The smallest absolute Gasteiger partial charge is 0.157 e. The van der Waals surface area contributed by atoms with Gasteiger partial charge in [0, 0.05) is 24.0 Å². The maximum absolute atomic E-state index is 13.1.